The number of aliphatic carboxylic acids is 1. The van der Waals surface area contributed by atoms with Crippen molar-refractivity contribution in [2.75, 3.05) is 0 Å². The summed E-state index contributed by atoms with van der Waals surface area (Å²) >= 11 is 0. The van der Waals surface area contributed by atoms with Crippen LogP contribution < -0.4 is 0 Å². The number of carbonyl (C=O) groups is 1. The second-order valence-electron chi connectivity index (χ2n) is 2.26. The lowest BCUT2D eigenvalue weighted by Crippen LogP contribution is -2.24. The predicted octanol–water partition coefficient (Wildman–Crippen LogP) is 0.657. The molecule has 1 aliphatic heterocycles. The summed E-state index contributed by atoms with van der Waals surface area (Å²) < 4.78 is 4.76. The highest BCUT2D eigenvalue weighted by Crippen LogP contribution is 2.16. The summed E-state index contributed by atoms with van der Waals surface area (Å²) in [6.07, 6.45) is 1.33. The maximum absolute atomic E-state index is 10.3. The molecule has 0 fully saturated rings. The third-order valence-electron chi connectivity index (χ3n) is 1.47. The van der Waals surface area contributed by atoms with Crippen LogP contribution in [0.25, 0.3) is 0 Å². The highest BCUT2D eigenvalue weighted by molar-refractivity contribution is 5.72. The molecule has 0 spiro atoms. The van der Waals surface area contributed by atoms with Crippen molar-refractivity contribution < 1.29 is 14.6 Å². The summed E-state index contributed by atoms with van der Waals surface area (Å²) in [6.45, 7) is 0. The van der Waals surface area contributed by atoms with Crippen LogP contribution in [0.3, 0.4) is 0 Å². The summed E-state index contributed by atoms with van der Waals surface area (Å²) in [5, 5.41) is 16.8. The average Bonchev–Trinajstić information content (AvgIpc) is 2.05. The number of allylic oxidation sites excluding steroid dienone is 1. The van der Waals surface area contributed by atoms with Gasteiger partial charge in [-0.1, -0.05) is 0 Å². The Kier molecular flexibility index (Phi) is 2.12. The van der Waals surface area contributed by atoms with Crippen molar-refractivity contribution in [2.45, 2.75) is 18.9 Å². The summed E-state index contributed by atoms with van der Waals surface area (Å²) in [5.74, 6) is -0.974. The van der Waals surface area contributed by atoms with Gasteiger partial charge in [-0.25, -0.2) is 4.79 Å². The van der Waals surface area contributed by atoms with Gasteiger partial charge in [0.05, 0.1) is 17.9 Å². The first-order valence-electron chi connectivity index (χ1n) is 3.21. The van der Waals surface area contributed by atoms with Crippen molar-refractivity contribution in [3.05, 3.63) is 11.8 Å². The van der Waals surface area contributed by atoms with Gasteiger partial charge in [-0.3, -0.25) is 0 Å². The summed E-state index contributed by atoms with van der Waals surface area (Å²) in [4.78, 5) is 10.3. The number of hydrogen-bond donors (Lipinski definition) is 1. The zero-order valence-electron chi connectivity index (χ0n) is 5.78. The molecule has 0 saturated heterocycles. The number of rotatable bonds is 1. The topological polar surface area (TPSA) is 70.3 Å². The molecule has 0 saturated carbocycles. The molecule has 11 heavy (non-hydrogen) atoms. The molecular weight excluding hydrogens is 146 g/mol. The van der Waals surface area contributed by atoms with Crippen molar-refractivity contribution in [3.8, 4) is 6.07 Å². The highest BCUT2D eigenvalue weighted by Gasteiger charge is 2.21. The van der Waals surface area contributed by atoms with Gasteiger partial charge in [0.2, 0.25) is 0 Å². The summed E-state index contributed by atoms with van der Waals surface area (Å²) in [7, 11) is 0. The van der Waals surface area contributed by atoms with Crippen molar-refractivity contribution in [1.29, 1.82) is 5.26 Å². The van der Waals surface area contributed by atoms with E-state index in [9.17, 15) is 4.79 Å². The van der Waals surface area contributed by atoms with E-state index in [0.717, 1.165) is 0 Å². The van der Waals surface area contributed by atoms with Crippen molar-refractivity contribution in [2.24, 2.45) is 0 Å². The minimum absolute atomic E-state index is 0.384. The van der Waals surface area contributed by atoms with E-state index in [2.05, 4.69) is 0 Å². The lowest BCUT2D eigenvalue weighted by Gasteiger charge is -2.15. The first-order valence-corrected chi connectivity index (χ1v) is 3.21. The van der Waals surface area contributed by atoms with Crippen LogP contribution in [0.1, 0.15) is 12.8 Å². The Morgan fingerprint density at radius 2 is 2.64 bits per heavy atom. The van der Waals surface area contributed by atoms with E-state index in [0.29, 0.717) is 18.4 Å². The molecule has 0 bridgehead atoms. The maximum atomic E-state index is 10.3. The monoisotopic (exact) mass is 153 g/mol. The van der Waals surface area contributed by atoms with Gasteiger partial charge < -0.3 is 9.84 Å². The van der Waals surface area contributed by atoms with E-state index in [1.54, 1.807) is 0 Å². The molecule has 0 aliphatic carbocycles. The summed E-state index contributed by atoms with van der Waals surface area (Å²) in [5.41, 5.74) is 0.502. The SMILES string of the molecule is N#CC1=COC(C(=O)O)CC1. The van der Waals surface area contributed by atoms with Crippen LogP contribution >= 0.6 is 0 Å². The number of nitriles is 1. The Balaban J connectivity index is 2.56. The van der Waals surface area contributed by atoms with Gasteiger partial charge in [0.1, 0.15) is 0 Å². The molecule has 58 valence electrons. The van der Waals surface area contributed by atoms with Crippen LogP contribution in [0.5, 0.6) is 0 Å². The smallest absolute Gasteiger partial charge is 0.344 e. The van der Waals surface area contributed by atoms with E-state index in [-0.39, 0.29) is 0 Å². The van der Waals surface area contributed by atoms with Gasteiger partial charge in [0, 0.05) is 6.42 Å². The third-order valence-corrected chi connectivity index (χ3v) is 1.47. The quantitative estimate of drug-likeness (QED) is 0.600. The number of carboxylic acids is 1. The standard InChI is InChI=1S/C7H7NO3/c8-3-5-1-2-6(7(9)10)11-4-5/h4,6H,1-2H2,(H,9,10). The molecule has 1 rings (SSSR count). The predicted molar refractivity (Wildman–Crippen MR) is 35.4 cm³/mol. The molecule has 0 aromatic carbocycles. The van der Waals surface area contributed by atoms with Crippen LogP contribution in [0.4, 0.5) is 0 Å². The molecule has 4 nitrogen and oxygen atoms in total. The Morgan fingerprint density at radius 3 is 3.00 bits per heavy atom. The fourth-order valence-corrected chi connectivity index (χ4v) is 0.842. The molecule has 0 amide bonds. The van der Waals surface area contributed by atoms with Gasteiger partial charge >= 0.3 is 5.97 Å². The van der Waals surface area contributed by atoms with Crippen molar-refractivity contribution in [1.82, 2.24) is 0 Å². The van der Waals surface area contributed by atoms with E-state index in [1.807, 2.05) is 6.07 Å². The number of ether oxygens (including phenoxy) is 1. The van der Waals surface area contributed by atoms with Gasteiger partial charge in [0.15, 0.2) is 6.10 Å². The molecule has 1 aliphatic rings. The van der Waals surface area contributed by atoms with E-state index >= 15 is 0 Å². The normalized spacial score (nSPS) is 22.8. The molecule has 0 aromatic rings. The highest BCUT2D eigenvalue weighted by atomic mass is 16.5. The molecule has 1 N–H and O–H groups in total. The second kappa shape index (κ2) is 3.06. The third kappa shape index (κ3) is 1.71. The first-order chi connectivity index (χ1) is 5.24. The minimum Gasteiger partial charge on any atom is -0.485 e. The Hall–Kier alpha value is -1.50. The fraction of sp³-hybridized carbons (Fsp3) is 0.429. The van der Waals surface area contributed by atoms with Crippen LogP contribution in [0.15, 0.2) is 11.8 Å². The Bertz CT molecular complexity index is 239. The largest absolute Gasteiger partial charge is 0.485 e. The maximum Gasteiger partial charge on any atom is 0.344 e. The second-order valence-corrected chi connectivity index (χ2v) is 2.26. The zero-order valence-corrected chi connectivity index (χ0v) is 5.78. The van der Waals surface area contributed by atoms with Gasteiger partial charge in [-0.05, 0) is 6.42 Å². The van der Waals surface area contributed by atoms with E-state index in [4.69, 9.17) is 15.1 Å². The fourth-order valence-electron chi connectivity index (χ4n) is 0.842. The molecular formula is C7H7NO3. The molecule has 1 atom stereocenters. The Morgan fingerprint density at radius 1 is 1.91 bits per heavy atom. The van der Waals surface area contributed by atoms with E-state index in [1.165, 1.54) is 6.26 Å². The van der Waals surface area contributed by atoms with Crippen molar-refractivity contribution >= 4 is 5.97 Å². The summed E-state index contributed by atoms with van der Waals surface area (Å²) in [6, 6.07) is 1.91. The van der Waals surface area contributed by atoms with Crippen LogP contribution in [0.2, 0.25) is 0 Å². The number of hydrogen-bond acceptors (Lipinski definition) is 3. The Labute approximate surface area is 63.7 Å². The minimum atomic E-state index is -0.974. The van der Waals surface area contributed by atoms with Gasteiger partial charge in [-0.2, -0.15) is 5.26 Å². The average molecular weight is 153 g/mol. The van der Waals surface area contributed by atoms with Gasteiger partial charge in [0.25, 0.3) is 0 Å². The molecule has 1 heterocycles. The first kappa shape index (κ1) is 7.61. The van der Waals surface area contributed by atoms with Crippen LogP contribution in [0, 0.1) is 11.3 Å². The lowest BCUT2D eigenvalue weighted by molar-refractivity contribution is -0.147. The van der Waals surface area contributed by atoms with Crippen LogP contribution in [-0.4, -0.2) is 17.2 Å². The lowest BCUT2D eigenvalue weighted by atomic mass is 10.1. The van der Waals surface area contributed by atoms with E-state index < -0.39 is 12.1 Å². The number of carboxylic acid groups (broad SMARTS) is 1. The van der Waals surface area contributed by atoms with Crippen LogP contribution in [-0.2, 0) is 9.53 Å². The van der Waals surface area contributed by atoms with Crippen molar-refractivity contribution in [3.63, 3.8) is 0 Å². The molecule has 1 unspecified atom stereocenters. The molecule has 0 radical (unpaired) electrons. The molecule has 4 heteroatoms. The zero-order chi connectivity index (χ0) is 8.27. The number of nitrogens with zero attached hydrogens (tertiary/aromatic N) is 1. The van der Waals surface area contributed by atoms with Gasteiger partial charge in [-0.15, -0.1) is 0 Å². The molecule has 0 aromatic heterocycles.